The topological polar surface area (TPSA) is 109 Å². The number of anilines is 1. The van der Waals surface area contributed by atoms with Crippen LogP contribution >= 0.6 is 0 Å². The zero-order chi connectivity index (χ0) is 26.7. The van der Waals surface area contributed by atoms with Crippen molar-refractivity contribution in [1.82, 2.24) is 10.3 Å². The van der Waals surface area contributed by atoms with Crippen molar-refractivity contribution in [1.29, 1.82) is 0 Å². The Morgan fingerprint density at radius 3 is 2.24 bits per heavy atom. The summed E-state index contributed by atoms with van der Waals surface area (Å²) in [5.41, 5.74) is 5.52. The number of carbonyl (C=O) groups is 1. The third-order valence-corrected chi connectivity index (χ3v) is 6.69. The van der Waals surface area contributed by atoms with Gasteiger partial charge in [0.2, 0.25) is 10.0 Å². The Bertz CT molecular complexity index is 1450. The number of urea groups is 1. The molecule has 0 spiro atoms. The van der Waals surface area contributed by atoms with Gasteiger partial charge in [-0.15, -0.1) is 0 Å². The van der Waals surface area contributed by atoms with Crippen molar-refractivity contribution in [2.45, 2.75) is 19.4 Å². The number of nitrogens with one attached hydrogen (secondary N) is 2. The molecule has 3 aromatic rings. The Labute approximate surface area is 217 Å². The molecule has 0 aromatic heterocycles. The van der Waals surface area contributed by atoms with E-state index in [-0.39, 0.29) is 12.1 Å². The molecule has 1 heterocycles. The SMILES string of the molecule is CNC(=O)N1N=C(c2ccc(-c3cccc(NS(C)(=O)=O)c3)cc2)c2cc(OC)c(OC)cc2CC1C. The van der Waals surface area contributed by atoms with E-state index in [2.05, 4.69) is 10.0 Å². The molecule has 1 aliphatic heterocycles. The standard InChI is InChI=1S/C27H30N4O5S/c1-17-13-21-15-24(35-3)25(36-4)16-23(21)26(29-31(17)27(32)28-2)19-11-9-18(10-12-19)20-7-6-8-22(14-20)30-37(5,33)34/h6-12,14-17,30H,13H2,1-5H3,(H,28,32). The van der Waals surface area contributed by atoms with Crippen LogP contribution < -0.4 is 19.5 Å². The van der Waals surface area contributed by atoms with Crippen molar-refractivity contribution in [2.24, 2.45) is 5.10 Å². The summed E-state index contributed by atoms with van der Waals surface area (Å²) in [4.78, 5) is 12.7. The molecular formula is C27H30N4O5S. The summed E-state index contributed by atoms with van der Waals surface area (Å²) in [6.45, 7) is 1.95. The van der Waals surface area contributed by atoms with Crippen LogP contribution in [-0.4, -0.2) is 58.7 Å². The minimum atomic E-state index is -3.38. The van der Waals surface area contributed by atoms with Crippen LogP contribution in [-0.2, 0) is 16.4 Å². The van der Waals surface area contributed by atoms with Gasteiger partial charge in [0.1, 0.15) is 0 Å². The summed E-state index contributed by atoms with van der Waals surface area (Å²) in [7, 11) is 1.37. The number of benzene rings is 3. The highest BCUT2D eigenvalue weighted by Crippen LogP contribution is 2.35. The van der Waals surface area contributed by atoms with Gasteiger partial charge in [-0.25, -0.2) is 18.2 Å². The van der Waals surface area contributed by atoms with E-state index in [0.717, 1.165) is 34.1 Å². The average molecular weight is 523 g/mol. The van der Waals surface area contributed by atoms with Gasteiger partial charge in [-0.3, -0.25) is 4.72 Å². The van der Waals surface area contributed by atoms with Gasteiger partial charge < -0.3 is 14.8 Å². The van der Waals surface area contributed by atoms with Crippen LogP contribution in [0.25, 0.3) is 11.1 Å². The molecule has 10 heteroatoms. The van der Waals surface area contributed by atoms with Gasteiger partial charge in [0, 0.05) is 23.9 Å². The van der Waals surface area contributed by atoms with Gasteiger partial charge >= 0.3 is 6.03 Å². The second-order valence-corrected chi connectivity index (χ2v) is 10.5. The molecule has 2 N–H and O–H groups in total. The molecule has 1 atom stereocenters. The first-order chi connectivity index (χ1) is 17.6. The summed E-state index contributed by atoms with van der Waals surface area (Å²) in [6.07, 6.45) is 1.70. The van der Waals surface area contributed by atoms with E-state index < -0.39 is 10.0 Å². The largest absolute Gasteiger partial charge is 0.493 e. The van der Waals surface area contributed by atoms with Crippen molar-refractivity contribution in [3.05, 3.63) is 77.4 Å². The predicted molar refractivity (Wildman–Crippen MR) is 145 cm³/mol. The molecule has 0 saturated carbocycles. The number of ether oxygens (including phenoxy) is 2. The van der Waals surface area contributed by atoms with Crippen LogP contribution in [0.15, 0.2) is 65.8 Å². The highest BCUT2D eigenvalue weighted by atomic mass is 32.2. The van der Waals surface area contributed by atoms with Crippen LogP contribution in [0.1, 0.15) is 23.6 Å². The van der Waals surface area contributed by atoms with E-state index in [1.54, 1.807) is 39.5 Å². The van der Waals surface area contributed by atoms with Gasteiger partial charge in [-0.1, -0.05) is 36.4 Å². The van der Waals surface area contributed by atoms with E-state index in [1.807, 2.05) is 49.4 Å². The normalized spacial score (nSPS) is 15.2. The highest BCUT2D eigenvalue weighted by molar-refractivity contribution is 7.92. The number of rotatable bonds is 6. The lowest BCUT2D eigenvalue weighted by atomic mass is 9.93. The van der Waals surface area contributed by atoms with E-state index in [0.29, 0.717) is 29.3 Å². The van der Waals surface area contributed by atoms with Gasteiger partial charge in [0.25, 0.3) is 0 Å². The monoisotopic (exact) mass is 522 g/mol. The van der Waals surface area contributed by atoms with Gasteiger partial charge in [0.15, 0.2) is 11.5 Å². The number of amides is 2. The maximum Gasteiger partial charge on any atom is 0.337 e. The lowest BCUT2D eigenvalue weighted by molar-refractivity contribution is 0.184. The molecular weight excluding hydrogens is 492 g/mol. The first kappa shape index (κ1) is 26.0. The quantitative estimate of drug-likeness (QED) is 0.507. The zero-order valence-corrected chi connectivity index (χ0v) is 22.2. The Morgan fingerprint density at radius 2 is 1.62 bits per heavy atom. The Morgan fingerprint density at radius 1 is 0.973 bits per heavy atom. The molecule has 0 radical (unpaired) electrons. The van der Waals surface area contributed by atoms with Crippen molar-refractivity contribution in [3.8, 4) is 22.6 Å². The smallest absolute Gasteiger partial charge is 0.337 e. The second kappa shape index (κ2) is 10.5. The molecule has 4 rings (SSSR count). The lowest BCUT2D eigenvalue weighted by Crippen LogP contribution is -2.41. The molecule has 0 aliphatic carbocycles. The summed E-state index contributed by atoms with van der Waals surface area (Å²) >= 11 is 0. The lowest BCUT2D eigenvalue weighted by Gasteiger charge is -2.22. The first-order valence-electron chi connectivity index (χ1n) is 11.7. The summed E-state index contributed by atoms with van der Waals surface area (Å²) in [6, 6.07) is 18.3. The van der Waals surface area contributed by atoms with Crippen molar-refractivity contribution < 1.29 is 22.7 Å². The summed E-state index contributed by atoms with van der Waals surface area (Å²) < 4.78 is 36.8. The number of sulfonamides is 1. The van der Waals surface area contributed by atoms with Gasteiger partial charge in [0.05, 0.1) is 32.2 Å². The Balaban J connectivity index is 1.80. The number of fused-ring (bicyclic) bond motifs is 1. The van der Waals surface area contributed by atoms with E-state index in [4.69, 9.17) is 14.6 Å². The summed E-state index contributed by atoms with van der Waals surface area (Å²) in [5, 5.41) is 8.92. The maximum absolute atomic E-state index is 12.7. The number of carbonyl (C=O) groups excluding carboxylic acids is 1. The van der Waals surface area contributed by atoms with Crippen LogP contribution in [0.3, 0.4) is 0 Å². The van der Waals surface area contributed by atoms with Crippen molar-refractivity contribution in [3.63, 3.8) is 0 Å². The fraction of sp³-hybridized carbons (Fsp3) is 0.259. The molecule has 0 fully saturated rings. The third kappa shape index (κ3) is 5.69. The zero-order valence-electron chi connectivity index (χ0n) is 21.4. The van der Waals surface area contributed by atoms with Gasteiger partial charge in [-0.2, -0.15) is 5.10 Å². The van der Waals surface area contributed by atoms with E-state index in [9.17, 15) is 13.2 Å². The second-order valence-electron chi connectivity index (χ2n) is 8.80. The molecule has 9 nitrogen and oxygen atoms in total. The fourth-order valence-corrected chi connectivity index (χ4v) is 4.90. The number of hydrogen-bond acceptors (Lipinski definition) is 6. The molecule has 3 aromatic carbocycles. The molecule has 0 bridgehead atoms. The predicted octanol–water partition coefficient (Wildman–Crippen LogP) is 4.08. The summed E-state index contributed by atoms with van der Waals surface area (Å²) in [5.74, 6) is 1.18. The van der Waals surface area contributed by atoms with Gasteiger partial charge in [-0.05, 0) is 54.3 Å². The first-order valence-corrected chi connectivity index (χ1v) is 13.6. The molecule has 194 valence electrons. The van der Waals surface area contributed by atoms with E-state index in [1.165, 1.54) is 5.01 Å². The minimum absolute atomic E-state index is 0.196. The number of hydrazone groups is 1. The van der Waals surface area contributed by atoms with Crippen molar-refractivity contribution >= 4 is 27.5 Å². The molecule has 0 saturated heterocycles. The third-order valence-electron chi connectivity index (χ3n) is 6.08. The molecule has 2 amide bonds. The minimum Gasteiger partial charge on any atom is -0.493 e. The molecule has 1 unspecified atom stereocenters. The highest BCUT2D eigenvalue weighted by Gasteiger charge is 2.28. The Hall–Kier alpha value is -4.05. The van der Waals surface area contributed by atoms with Crippen LogP contribution in [0, 0.1) is 0 Å². The Kier molecular flexibility index (Phi) is 7.40. The molecule has 1 aliphatic rings. The average Bonchev–Trinajstić information content (AvgIpc) is 3.02. The number of methoxy groups -OCH3 is 2. The van der Waals surface area contributed by atoms with Crippen LogP contribution in [0.5, 0.6) is 11.5 Å². The number of hydrogen-bond donors (Lipinski definition) is 2. The van der Waals surface area contributed by atoms with Crippen LogP contribution in [0.2, 0.25) is 0 Å². The number of nitrogens with zero attached hydrogens (tertiary/aromatic N) is 2. The van der Waals surface area contributed by atoms with E-state index >= 15 is 0 Å². The maximum atomic E-state index is 12.7. The molecule has 37 heavy (non-hydrogen) atoms. The van der Waals surface area contributed by atoms with Crippen LogP contribution in [0.4, 0.5) is 10.5 Å². The fourth-order valence-electron chi connectivity index (χ4n) is 4.35. The van der Waals surface area contributed by atoms with Crippen molar-refractivity contribution in [2.75, 3.05) is 32.2 Å².